The highest BCUT2D eigenvalue weighted by Crippen LogP contribution is 2.38. The van der Waals surface area contributed by atoms with Crippen LogP contribution in [0.3, 0.4) is 0 Å². The minimum atomic E-state index is -3.68. The Balaban J connectivity index is 1.98. The first-order chi connectivity index (χ1) is 16.3. The fraction of sp³-hybridized carbons (Fsp3) is 0.185. The summed E-state index contributed by atoms with van der Waals surface area (Å²) in [4.78, 5) is 18.7. The number of nitrogens with zero attached hydrogens (tertiary/aromatic N) is 2. The molecule has 0 saturated carbocycles. The van der Waals surface area contributed by atoms with Gasteiger partial charge in [-0.2, -0.15) is 0 Å². The number of sulfonamides is 1. The Kier molecular flexibility index (Phi) is 6.65. The van der Waals surface area contributed by atoms with E-state index in [-0.39, 0.29) is 23.2 Å². The molecule has 0 saturated heterocycles. The molecule has 0 aliphatic heterocycles. The van der Waals surface area contributed by atoms with E-state index < -0.39 is 10.0 Å². The highest BCUT2D eigenvalue weighted by atomic mass is 32.2. The summed E-state index contributed by atoms with van der Waals surface area (Å²) in [5.74, 6) is -0.350. The van der Waals surface area contributed by atoms with E-state index in [0.717, 1.165) is 21.7 Å². The Morgan fingerprint density at radius 2 is 1.53 bits per heavy atom. The number of anilines is 1. The molecule has 1 heterocycles. The number of carbonyl (C=O) groups is 1. The van der Waals surface area contributed by atoms with Gasteiger partial charge in [0.15, 0.2) is 0 Å². The van der Waals surface area contributed by atoms with Crippen molar-refractivity contribution in [3.63, 3.8) is 0 Å². The average Bonchev–Trinajstić information content (AvgIpc) is 2.86. The van der Waals surface area contributed by atoms with Crippen LogP contribution in [0.2, 0.25) is 0 Å². The van der Waals surface area contributed by atoms with Gasteiger partial charge in [0.2, 0.25) is 10.0 Å². The molecule has 7 heteroatoms. The monoisotopic (exact) mass is 473 g/mol. The molecule has 1 unspecified atom stereocenters. The predicted octanol–water partition coefficient (Wildman–Crippen LogP) is 5.18. The molecule has 0 fully saturated rings. The molecule has 4 aromatic rings. The van der Waals surface area contributed by atoms with Crippen LogP contribution in [0.4, 0.5) is 5.69 Å². The van der Waals surface area contributed by atoms with Crippen molar-refractivity contribution in [3.05, 3.63) is 96.1 Å². The van der Waals surface area contributed by atoms with Crippen molar-refractivity contribution in [1.29, 1.82) is 0 Å². The number of aromatic nitrogens is 1. The van der Waals surface area contributed by atoms with Gasteiger partial charge in [-0.15, -0.1) is 0 Å². The number of hydrogen-bond acceptors (Lipinski definition) is 4. The van der Waals surface area contributed by atoms with Crippen LogP contribution in [-0.2, 0) is 10.0 Å². The zero-order valence-corrected chi connectivity index (χ0v) is 20.2. The summed E-state index contributed by atoms with van der Waals surface area (Å²) < 4.78 is 26.5. The average molecular weight is 474 g/mol. The van der Waals surface area contributed by atoms with E-state index in [9.17, 15) is 13.2 Å². The van der Waals surface area contributed by atoms with E-state index in [0.29, 0.717) is 23.0 Å². The molecule has 0 bridgehead atoms. The van der Waals surface area contributed by atoms with E-state index in [1.54, 1.807) is 6.07 Å². The highest BCUT2D eigenvalue weighted by molar-refractivity contribution is 7.92. The first kappa shape index (κ1) is 23.4. The van der Waals surface area contributed by atoms with Gasteiger partial charge in [0, 0.05) is 18.0 Å². The van der Waals surface area contributed by atoms with E-state index in [4.69, 9.17) is 4.98 Å². The van der Waals surface area contributed by atoms with Gasteiger partial charge in [0.1, 0.15) is 0 Å². The number of para-hydroxylation sites is 1. The third-order valence-corrected chi connectivity index (χ3v) is 7.05. The minimum absolute atomic E-state index is 0.225. The van der Waals surface area contributed by atoms with Crippen LogP contribution in [0.1, 0.15) is 35.3 Å². The van der Waals surface area contributed by atoms with Crippen molar-refractivity contribution in [3.8, 4) is 11.3 Å². The van der Waals surface area contributed by atoms with Gasteiger partial charge in [0.05, 0.1) is 34.8 Å². The van der Waals surface area contributed by atoms with Crippen molar-refractivity contribution in [2.24, 2.45) is 0 Å². The van der Waals surface area contributed by atoms with Gasteiger partial charge in [-0.05, 0) is 18.1 Å². The molecular formula is C27H27N3O3S. The Labute approximate surface area is 200 Å². The van der Waals surface area contributed by atoms with Gasteiger partial charge < -0.3 is 5.32 Å². The summed E-state index contributed by atoms with van der Waals surface area (Å²) >= 11 is 0. The fourth-order valence-electron chi connectivity index (χ4n) is 4.04. The Morgan fingerprint density at radius 3 is 2.15 bits per heavy atom. The molecular weight excluding hydrogens is 446 g/mol. The molecule has 4 rings (SSSR count). The van der Waals surface area contributed by atoms with Crippen LogP contribution in [0.5, 0.6) is 0 Å². The summed E-state index contributed by atoms with van der Waals surface area (Å²) in [6, 6.07) is 26.1. The first-order valence-corrected chi connectivity index (χ1v) is 12.9. The molecule has 1 atom stereocenters. The Bertz CT molecular complexity index is 1420. The van der Waals surface area contributed by atoms with Crippen molar-refractivity contribution in [1.82, 2.24) is 10.3 Å². The number of benzene rings is 3. The van der Waals surface area contributed by atoms with Crippen LogP contribution in [0.25, 0.3) is 22.2 Å². The Morgan fingerprint density at radius 1 is 0.941 bits per heavy atom. The fourth-order valence-corrected chi connectivity index (χ4v) is 4.55. The molecule has 1 N–H and O–H groups in total. The molecule has 0 spiro atoms. The molecule has 0 radical (unpaired) electrons. The number of rotatable bonds is 7. The number of hydrogen-bond donors (Lipinski definition) is 1. The van der Waals surface area contributed by atoms with Gasteiger partial charge >= 0.3 is 0 Å². The van der Waals surface area contributed by atoms with Crippen LogP contribution >= 0.6 is 0 Å². The zero-order valence-electron chi connectivity index (χ0n) is 19.4. The lowest BCUT2D eigenvalue weighted by molar-refractivity contribution is 0.0938. The van der Waals surface area contributed by atoms with Gasteiger partial charge in [-0.1, -0.05) is 85.8 Å². The topological polar surface area (TPSA) is 79.4 Å². The normalized spacial score (nSPS) is 12.3. The van der Waals surface area contributed by atoms with Gasteiger partial charge in [-0.3, -0.25) is 9.10 Å². The second kappa shape index (κ2) is 9.65. The zero-order chi connectivity index (χ0) is 24.3. The third kappa shape index (κ3) is 4.65. The number of fused-ring (bicyclic) bond motifs is 1. The maximum atomic E-state index is 13.9. The third-order valence-electron chi connectivity index (χ3n) is 5.87. The number of pyridine rings is 1. The van der Waals surface area contributed by atoms with Crippen molar-refractivity contribution in [2.75, 3.05) is 17.6 Å². The number of nitrogens with one attached hydrogen (secondary N) is 1. The van der Waals surface area contributed by atoms with E-state index in [2.05, 4.69) is 5.32 Å². The van der Waals surface area contributed by atoms with Crippen molar-refractivity contribution >= 4 is 32.5 Å². The summed E-state index contributed by atoms with van der Waals surface area (Å²) in [7, 11) is -2.23. The summed E-state index contributed by atoms with van der Waals surface area (Å²) in [6.07, 6.45) is 1.80. The van der Waals surface area contributed by atoms with Crippen molar-refractivity contribution < 1.29 is 13.2 Å². The second-order valence-electron chi connectivity index (χ2n) is 8.14. The van der Waals surface area contributed by atoms with Gasteiger partial charge in [-0.25, -0.2) is 13.4 Å². The lowest BCUT2D eigenvalue weighted by atomic mass is 9.99. The summed E-state index contributed by atoms with van der Waals surface area (Å²) in [5, 5.41) is 3.72. The lowest BCUT2D eigenvalue weighted by Gasteiger charge is -2.25. The number of carbonyl (C=O) groups excluding carboxylic acids is 1. The molecule has 0 aliphatic carbocycles. The standard InChI is InChI=1S/C27H27N3O3S/c1-4-22(19-13-7-5-8-14-19)29-27(31)24-21-17-11-12-18-23(21)28-25(20-15-9-6-10-16-20)26(24)30(2)34(3,32)33/h5-18,22H,4H2,1-3H3,(H,29,31). The van der Waals surface area contributed by atoms with E-state index >= 15 is 0 Å². The summed E-state index contributed by atoms with van der Waals surface area (Å²) in [5.41, 5.74) is 3.30. The van der Waals surface area contributed by atoms with E-state index in [1.807, 2.05) is 85.8 Å². The molecule has 0 aliphatic rings. The lowest BCUT2D eigenvalue weighted by Crippen LogP contribution is -2.33. The molecule has 1 aromatic heterocycles. The maximum Gasteiger partial charge on any atom is 0.254 e. The summed E-state index contributed by atoms with van der Waals surface area (Å²) in [6.45, 7) is 2.00. The smallest absolute Gasteiger partial charge is 0.254 e. The largest absolute Gasteiger partial charge is 0.345 e. The van der Waals surface area contributed by atoms with Gasteiger partial charge in [0.25, 0.3) is 5.91 Å². The van der Waals surface area contributed by atoms with Crippen LogP contribution in [-0.4, -0.2) is 32.6 Å². The second-order valence-corrected chi connectivity index (χ2v) is 10.2. The Hall–Kier alpha value is -3.71. The maximum absolute atomic E-state index is 13.9. The molecule has 34 heavy (non-hydrogen) atoms. The van der Waals surface area contributed by atoms with Crippen LogP contribution < -0.4 is 9.62 Å². The molecule has 174 valence electrons. The van der Waals surface area contributed by atoms with Crippen LogP contribution in [0, 0.1) is 0 Å². The SMILES string of the molecule is CCC(NC(=O)c1c(N(C)S(C)(=O)=O)c(-c2ccccc2)nc2ccccc12)c1ccccc1. The quantitative estimate of drug-likeness (QED) is 0.401. The predicted molar refractivity (Wildman–Crippen MR) is 137 cm³/mol. The minimum Gasteiger partial charge on any atom is -0.345 e. The van der Waals surface area contributed by atoms with E-state index in [1.165, 1.54) is 7.05 Å². The molecule has 3 aromatic carbocycles. The van der Waals surface area contributed by atoms with Crippen LogP contribution in [0.15, 0.2) is 84.9 Å². The molecule has 6 nitrogen and oxygen atoms in total. The first-order valence-electron chi connectivity index (χ1n) is 11.1. The number of amides is 1. The highest BCUT2D eigenvalue weighted by Gasteiger charge is 2.29. The molecule has 1 amide bonds. The van der Waals surface area contributed by atoms with Crippen molar-refractivity contribution in [2.45, 2.75) is 19.4 Å².